The summed E-state index contributed by atoms with van der Waals surface area (Å²) in [5.41, 5.74) is 3.50. The molecule has 48 heavy (non-hydrogen) atoms. The zero-order valence-electron chi connectivity index (χ0n) is 26.4. The summed E-state index contributed by atoms with van der Waals surface area (Å²) < 4.78 is 43.2. The molecule has 1 unspecified atom stereocenters. The first-order valence-electron chi connectivity index (χ1n) is 16.6. The number of hydrogen-bond donors (Lipinski definition) is 4. The largest absolute Gasteiger partial charge is 0.508 e. The van der Waals surface area contributed by atoms with Crippen LogP contribution in [-0.4, -0.2) is 96.5 Å². The van der Waals surface area contributed by atoms with E-state index in [1.807, 2.05) is 35.2 Å². The van der Waals surface area contributed by atoms with Crippen LogP contribution in [0.5, 0.6) is 11.8 Å². The van der Waals surface area contributed by atoms with Gasteiger partial charge in [0, 0.05) is 36.1 Å². The molecule has 5 heterocycles. The Morgan fingerprint density at radius 1 is 1.02 bits per heavy atom. The predicted molar refractivity (Wildman–Crippen MR) is 180 cm³/mol. The summed E-state index contributed by atoms with van der Waals surface area (Å²) in [6.07, 6.45) is 5.96. The molecule has 252 valence electrons. The van der Waals surface area contributed by atoms with Crippen molar-refractivity contribution in [3.63, 3.8) is 0 Å². The van der Waals surface area contributed by atoms with Crippen LogP contribution >= 0.6 is 0 Å². The molecule has 4 aliphatic rings. The number of anilines is 1. The van der Waals surface area contributed by atoms with Gasteiger partial charge >= 0.3 is 6.01 Å². The fourth-order valence-corrected chi connectivity index (χ4v) is 8.76. The van der Waals surface area contributed by atoms with Gasteiger partial charge in [0.15, 0.2) is 5.82 Å². The molecule has 14 heteroatoms. The van der Waals surface area contributed by atoms with Crippen molar-refractivity contribution in [3.8, 4) is 22.9 Å². The first kappa shape index (κ1) is 31.3. The SMILES string of the molecule is O=C(CNNS(=O)O)N1[C@@H]2CC[C@H]1CN(c1nc(OCC34CCCN3CCC4)nc3c(F)c(-c4cc(O)cc5ccccc45)ccc13)C2. The summed E-state index contributed by atoms with van der Waals surface area (Å²) in [6, 6.07) is 14.3. The maximum Gasteiger partial charge on any atom is 0.319 e. The van der Waals surface area contributed by atoms with E-state index in [-0.39, 0.29) is 47.4 Å². The van der Waals surface area contributed by atoms with E-state index in [1.165, 1.54) is 0 Å². The fraction of sp³-hybridized carbons (Fsp3) is 0.441. The van der Waals surface area contributed by atoms with Gasteiger partial charge in [-0.05, 0) is 86.1 Å². The molecule has 0 saturated carbocycles. The van der Waals surface area contributed by atoms with E-state index in [0.717, 1.165) is 62.4 Å². The Labute approximate surface area is 279 Å². The molecule has 4 N–H and O–H groups in total. The van der Waals surface area contributed by atoms with Crippen molar-refractivity contribution in [1.29, 1.82) is 0 Å². The first-order chi connectivity index (χ1) is 23.3. The summed E-state index contributed by atoms with van der Waals surface area (Å²) in [5.74, 6) is -0.0727. The number of rotatable bonds is 9. The normalized spacial score (nSPS) is 22.5. The van der Waals surface area contributed by atoms with Gasteiger partial charge in [-0.1, -0.05) is 30.3 Å². The van der Waals surface area contributed by atoms with E-state index in [9.17, 15) is 14.1 Å². The molecule has 4 aliphatic heterocycles. The van der Waals surface area contributed by atoms with Gasteiger partial charge in [0.1, 0.15) is 23.7 Å². The number of carbonyl (C=O) groups excluding carboxylic acids is 1. The average molecular weight is 676 g/mol. The van der Waals surface area contributed by atoms with E-state index in [1.54, 1.807) is 18.2 Å². The summed E-state index contributed by atoms with van der Waals surface area (Å²) in [5, 5.41) is 12.7. The average Bonchev–Trinajstić information content (AvgIpc) is 3.74. The Morgan fingerprint density at radius 2 is 1.77 bits per heavy atom. The van der Waals surface area contributed by atoms with E-state index in [4.69, 9.17) is 19.3 Å². The zero-order valence-corrected chi connectivity index (χ0v) is 27.2. The summed E-state index contributed by atoms with van der Waals surface area (Å²) >= 11 is -2.28. The number of phenolic OH excluding ortho intramolecular Hbond substituents is 1. The van der Waals surface area contributed by atoms with Gasteiger partial charge in [0.25, 0.3) is 0 Å². The molecule has 3 atom stereocenters. The quantitative estimate of drug-likeness (QED) is 0.153. The van der Waals surface area contributed by atoms with Gasteiger partial charge in [-0.2, -0.15) is 14.8 Å². The molecular formula is C34H38FN7O5S. The number of halogens is 1. The molecule has 2 bridgehead atoms. The highest BCUT2D eigenvalue weighted by atomic mass is 32.2. The van der Waals surface area contributed by atoms with Gasteiger partial charge < -0.3 is 19.6 Å². The van der Waals surface area contributed by atoms with Crippen LogP contribution < -0.4 is 19.9 Å². The number of benzene rings is 3. The second kappa shape index (κ2) is 12.5. The third kappa shape index (κ3) is 5.54. The zero-order chi connectivity index (χ0) is 33.0. The van der Waals surface area contributed by atoms with Gasteiger partial charge in [-0.25, -0.2) is 14.0 Å². The lowest BCUT2D eigenvalue weighted by atomic mass is 9.95. The predicted octanol–water partition coefficient (Wildman–Crippen LogP) is 3.71. The third-order valence-corrected chi connectivity index (χ3v) is 11.0. The molecular weight excluding hydrogens is 637 g/mol. The fourth-order valence-electron chi connectivity index (χ4n) is 8.56. The van der Waals surface area contributed by atoms with Crippen molar-refractivity contribution in [2.24, 2.45) is 0 Å². The number of aromatic nitrogens is 2. The number of carbonyl (C=O) groups is 1. The Hall–Kier alpha value is -3.95. The minimum Gasteiger partial charge on any atom is -0.508 e. The number of hydrazine groups is 1. The molecule has 4 fully saturated rings. The van der Waals surface area contributed by atoms with Crippen molar-refractivity contribution in [3.05, 3.63) is 54.3 Å². The summed E-state index contributed by atoms with van der Waals surface area (Å²) in [4.78, 5) is 31.3. The molecule has 4 saturated heterocycles. The minimum absolute atomic E-state index is 0.0457. The van der Waals surface area contributed by atoms with Crippen LogP contribution in [0.25, 0.3) is 32.8 Å². The second-order valence-corrected chi connectivity index (χ2v) is 14.1. The highest BCUT2D eigenvalue weighted by Crippen LogP contribution is 2.42. The number of fused-ring (bicyclic) bond motifs is 5. The number of piperazine rings is 1. The van der Waals surface area contributed by atoms with Crippen molar-refractivity contribution in [2.75, 3.05) is 44.2 Å². The van der Waals surface area contributed by atoms with E-state index in [0.29, 0.717) is 42.0 Å². The summed E-state index contributed by atoms with van der Waals surface area (Å²) in [6.45, 7) is 3.40. The molecule has 4 aromatic rings. The highest BCUT2D eigenvalue weighted by Gasteiger charge is 2.46. The van der Waals surface area contributed by atoms with Crippen LogP contribution in [0.15, 0.2) is 48.5 Å². The molecule has 8 rings (SSSR count). The first-order valence-corrected chi connectivity index (χ1v) is 17.7. The Kier molecular flexibility index (Phi) is 8.15. The van der Waals surface area contributed by atoms with Crippen molar-refractivity contribution < 1.29 is 27.8 Å². The number of phenols is 1. The lowest BCUT2D eigenvalue weighted by molar-refractivity contribution is -0.133. The minimum atomic E-state index is -2.28. The number of amides is 1. The van der Waals surface area contributed by atoms with Gasteiger partial charge in [0.05, 0.1) is 12.1 Å². The van der Waals surface area contributed by atoms with Crippen LogP contribution in [0.3, 0.4) is 0 Å². The second-order valence-electron chi connectivity index (χ2n) is 13.4. The molecule has 1 amide bonds. The van der Waals surface area contributed by atoms with Crippen LogP contribution in [0, 0.1) is 5.82 Å². The number of ether oxygens (including phenoxy) is 1. The number of nitrogens with one attached hydrogen (secondary N) is 2. The van der Waals surface area contributed by atoms with Crippen LogP contribution in [0.4, 0.5) is 10.2 Å². The van der Waals surface area contributed by atoms with E-state index in [2.05, 4.69) is 20.1 Å². The van der Waals surface area contributed by atoms with Gasteiger partial charge in [-0.3, -0.25) is 14.2 Å². The number of nitrogens with zero attached hydrogens (tertiary/aromatic N) is 5. The van der Waals surface area contributed by atoms with Crippen LogP contribution in [0.2, 0.25) is 0 Å². The van der Waals surface area contributed by atoms with E-state index < -0.39 is 17.1 Å². The Bertz CT molecular complexity index is 1910. The molecule has 0 aliphatic carbocycles. The topological polar surface area (TPSA) is 143 Å². The summed E-state index contributed by atoms with van der Waals surface area (Å²) in [7, 11) is 0. The van der Waals surface area contributed by atoms with Crippen LogP contribution in [0.1, 0.15) is 38.5 Å². The third-order valence-electron chi connectivity index (χ3n) is 10.7. The van der Waals surface area contributed by atoms with Crippen LogP contribution in [-0.2, 0) is 16.1 Å². The van der Waals surface area contributed by atoms with Gasteiger partial charge in [-0.15, -0.1) is 0 Å². The Balaban J connectivity index is 1.17. The smallest absolute Gasteiger partial charge is 0.319 e. The maximum atomic E-state index is 16.8. The number of aromatic hydroxyl groups is 1. The van der Waals surface area contributed by atoms with Crippen molar-refractivity contribution >= 4 is 44.7 Å². The monoisotopic (exact) mass is 675 g/mol. The van der Waals surface area contributed by atoms with Gasteiger partial charge in [0.2, 0.25) is 17.2 Å². The molecule has 0 radical (unpaired) electrons. The highest BCUT2D eigenvalue weighted by molar-refractivity contribution is 7.77. The van der Waals surface area contributed by atoms with Crippen molar-refractivity contribution in [1.82, 2.24) is 30.0 Å². The molecule has 1 aromatic heterocycles. The maximum absolute atomic E-state index is 16.8. The lowest BCUT2D eigenvalue weighted by Crippen LogP contribution is -2.58. The lowest BCUT2D eigenvalue weighted by Gasteiger charge is -2.42. The molecule has 3 aromatic carbocycles. The molecule has 12 nitrogen and oxygen atoms in total. The van der Waals surface area contributed by atoms with Crippen molar-refractivity contribution in [2.45, 2.75) is 56.1 Å². The Morgan fingerprint density at radius 3 is 2.52 bits per heavy atom. The molecule has 0 spiro atoms. The number of hydrogen-bond acceptors (Lipinski definition) is 9. The standard InChI is InChI=1S/C34H38FN7O5S/c35-30-26(28-16-24(43)15-21-5-1-2-6-25(21)28)9-10-27-31(30)37-33(47-20-34-11-3-13-41(34)14-4-12-34)38-32(27)40-18-22-7-8-23(19-40)42(22)29(44)17-36-39-48(45)46/h1-2,5-6,9-10,15-16,22-23,36,39,43H,3-4,7-8,11-14,17-20H2,(H,45,46)/t22-,23+. The van der Waals surface area contributed by atoms with E-state index >= 15 is 4.39 Å².